The SMILES string of the molecule is CCCOCCN(CCC#N)C1CC1. The molecule has 0 bridgehead atoms. The summed E-state index contributed by atoms with van der Waals surface area (Å²) in [5, 5.41) is 8.52. The topological polar surface area (TPSA) is 36.3 Å². The Morgan fingerprint density at radius 1 is 1.36 bits per heavy atom. The van der Waals surface area contributed by atoms with Crippen molar-refractivity contribution in [1.82, 2.24) is 4.90 Å². The van der Waals surface area contributed by atoms with Gasteiger partial charge in [0.05, 0.1) is 12.7 Å². The van der Waals surface area contributed by atoms with Gasteiger partial charge in [0.15, 0.2) is 0 Å². The lowest BCUT2D eigenvalue weighted by Crippen LogP contribution is -2.30. The highest BCUT2D eigenvalue weighted by Crippen LogP contribution is 2.26. The Bertz CT molecular complexity index is 184. The Labute approximate surface area is 86.6 Å². The summed E-state index contributed by atoms with van der Waals surface area (Å²) in [4.78, 5) is 2.39. The molecule has 0 saturated heterocycles. The first-order valence-electron chi connectivity index (χ1n) is 5.57. The second-order valence-electron chi connectivity index (χ2n) is 3.79. The van der Waals surface area contributed by atoms with Gasteiger partial charge in [-0.2, -0.15) is 5.26 Å². The Hall–Kier alpha value is -0.590. The Morgan fingerprint density at radius 3 is 2.71 bits per heavy atom. The molecule has 80 valence electrons. The van der Waals surface area contributed by atoms with E-state index in [9.17, 15) is 0 Å². The number of nitriles is 1. The molecule has 0 radical (unpaired) electrons. The molecule has 0 aliphatic heterocycles. The van der Waals surface area contributed by atoms with Crippen molar-refractivity contribution >= 4 is 0 Å². The van der Waals surface area contributed by atoms with Crippen LogP contribution in [0.5, 0.6) is 0 Å². The third kappa shape index (κ3) is 4.59. The molecule has 0 aromatic carbocycles. The van der Waals surface area contributed by atoms with Crippen molar-refractivity contribution in [2.75, 3.05) is 26.3 Å². The van der Waals surface area contributed by atoms with E-state index >= 15 is 0 Å². The maximum absolute atomic E-state index is 8.52. The first kappa shape index (κ1) is 11.5. The van der Waals surface area contributed by atoms with Crippen LogP contribution < -0.4 is 0 Å². The molecule has 3 nitrogen and oxygen atoms in total. The van der Waals surface area contributed by atoms with Crippen molar-refractivity contribution in [3.8, 4) is 6.07 Å². The molecule has 0 N–H and O–H groups in total. The molecule has 0 atom stereocenters. The van der Waals surface area contributed by atoms with Gasteiger partial charge in [0, 0.05) is 32.2 Å². The van der Waals surface area contributed by atoms with Crippen LogP contribution in [0.25, 0.3) is 0 Å². The molecule has 0 heterocycles. The molecule has 0 amide bonds. The van der Waals surface area contributed by atoms with Crippen LogP contribution in [0.2, 0.25) is 0 Å². The minimum atomic E-state index is 0.643. The van der Waals surface area contributed by atoms with E-state index in [1.807, 2.05) is 0 Å². The summed E-state index contributed by atoms with van der Waals surface area (Å²) in [6.45, 7) is 5.70. The minimum absolute atomic E-state index is 0.643. The molecule has 0 aromatic rings. The fourth-order valence-electron chi connectivity index (χ4n) is 1.54. The molecule has 1 fully saturated rings. The third-order valence-electron chi connectivity index (χ3n) is 2.45. The van der Waals surface area contributed by atoms with E-state index in [4.69, 9.17) is 10.00 Å². The number of nitrogens with zero attached hydrogens (tertiary/aromatic N) is 2. The number of hydrogen-bond acceptors (Lipinski definition) is 3. The van der Waals surface area contributed by atoms with Crippen LogP contribution in [0.3, 0.4) is 0 Å². The van der Waals surface area contributed by atoms with Crippen molar-refractivity contribution in [3.63, 3.8) is 0 Å². The van der Waals surface area contributed by atoms with Crippen LogP contribution in [0, 0.1) is 11.3 Å². The first-order valence-corrected chi connectivity index (χ1v) is 5.57. The maximum Gasteiger partial charge on any atom is 0.0635 e. The van der Waals surface area contributed by atoms with Gasteiger partial charge in [-0.25, -0.2) is 0 Å². The number of ether oxygens (including phenoxy) is 1. The van der Waals surface area contributed by atoms with E-state index in [2.05, 4.69) is 17.9 Å². The lowest BCUT2D eigenvalue weighted by atomic mass is 10.4. The van der Waals surface area contributed by atoms with Crippen LogP contribution in [-0.2, 0) is 4.74 Å². The van der Waals surface area contributed by atoms with E-state index in [1.54, 1.807) is 0 Å². The highest BCUT2D eigenvalue weighted by atomic mass is 16.5. The van der Waals surface area contributed by atoms with Crippen LogP contribution in [-0.4, -0.2) is 37.2 Å². The molecule has 3 heteroatoms. The Morgan fingerprint density at radius 2 is 2.14 bits per heavy atom. The first-order chi connectivity index (χ1) is 6.88. The molecule has 14 heavy (non-hydrogen) atoms. The van der Waals surface area contributed by atoms with Gasteiger partial charge in [-0.1, -0.05) is 6.92 Å². The smallest absolute Gasteiger partial charge is 0.0635 e. The monoisotopic (exact) mass is 196 g/mol. The van der Waals surface area contributed by atoms with E-state index in [1.165, 1.54) is 12.8 Å². The van der Waals surface area contributed by atoms with Crippen molar-refractivity contribution in [2.24, 2.45) is 0 Å². The Balaban J connectivity index is 2.06. The van der Waals surface area contributed by atoms with Crippen molar-refractivity contribution in [2.45, 2.75) is 38.6 Å². The molecule has 1 rings (SSSR count). The summed E-state index contributed by atoms with van der Waals surface area (Å²) >= 11 is 0. The van der Waals surface area contributed by atoms with Crippen LogP contribution in [0.15, 0.2) is 0 Å². The zero-order chi connectivity index (χ0) is 10.2. The molecule has 0 unspecified atom stereocenters. The summed E-state index contributed by atoms with van der Waals surface area (Å²) in [7, 11) is 0. The quantitative estimate of drug-likeness (QED) is 0.555. The molecule has 0 aromatic heterocycles. The standard InChI is InChI=1S/C11H20N2O/c1-2-9-14-10-8-13(7-3-6-12)11-4-5-11/h11H,2-5,7-10H2,1H3. The van der Waals surface area contributed by atoms with Gasteiger partial charge in [-0.15, -0.1) is 0 Å². The normalized spacial score (nSPS) is 15.8. The minimum Gasteiger partial charge on any atom is -0.380 e. The van der Waals surface area contributed by atoms with E-state index in [0.717, 1.165) is 38.8 Å². The Kier molecular flexibility index (Phi) is 5.58. The van der Waals surface area contributed by atoms with Crippen LogP contribution >= 0.6 is 0 Å². The summed E-state index contributed by atoms with van der Waals surface area (Å²) in [5.74, 6) is 0. The van der Waals surface area contributed by atoms with Gasteiger partial charge in [0.2, 0.25) is 0 Å². The van der Waals surface area contributed by atoms with Crippen molar-refractivity contribution in [1.29, 1.82) is 5.26 Å². The van der Waals surface area contributed by atoms with Crippen LogP contribution in [0.4, 0.5) is 0 Å². The second kappa shape index (κ2) is 6.80. The highest BCUT2D eigenvalue weighted by molar-refractivity contribution is 4.86. The molecular formula is C11H20N2O. The summed E-state index contributed by atoms with van der Waals surface area (Å²) in [5.41, 5.74) is 0. The van der Waals surface area contributed by atoms with E-state index < -0.39 is 0 Å². The van der Waals surface area contributed by atoms with Crippen LogP contribution in [0.1, 0.15) is 32.6 Å². The molecule has 1 saturated carbocycles. The number of rotatable bonds is 8. The van der Waals surface area contributed by atoms with E-state index in [-0.39, 0.29) is 0 Å². The van der Waals surface area contributed by atoms with Gasteiger partial charge in [-0.05, 0) is 19.3 Å². The van der Waals surface area contributed by atoms with Gasteiger partial charge in [0.1, 0.15) is 0 Å². The van der Waals surface area contributed by atoms with Crippen molar-refractivity contribution in [3.05, 3.63) is 0 Å². The summed E-state index contributed by atoms with van der Waals surface area (Å²) in [6.07, 6.45) is 4.34. The average molecular weight is 196 g/mol. The van der Waals surface area contributed by atoms with Gasteiger partial charge < -0.3 is 4.74 Å². The molecular weight excluding hydrogens is 176 g/mol. The highest BCUT2D eigenvalue weighted by Gasteiger charge is 2.27. The summed E-state index contributed by atoms with van der Waals surface area (Å²) < 4.78 is 5.45. The lowest BCUT2D eigenvalue weighted by Gasteiger charge is -2.20. The predicted octanol–water partition coefficient (Wildman–Crippen LogP) is 1.79. The predicted molar refractivity (Wildman–Crippen MR) is 55.9 cm³/mol. The fourth-order valence-corrected chi connectivity index (χ4v) is 1.54. The van der Waals surface area contributed by atoms with E-state index in [0.29, 0.717) is 6.42 Å². The zero-order valence-corrected chi connectivity index (χ0v) is 9.04. The third-order valence-corrected chi connectivity index (χ3v) is 2.45. The zero-order valence-electron chi connectivity index (χ0n) is 9.04. The van der Waals surface area contributed by atoms with Gasteiger partial charge in [0.25, 0.3) is 0 Å². The molecule has 1 aliphatic carbocycles. The maximum atomic E-state index is 8.52. The molecule has 1 aliphatic rings. The fraction of sp³-hybridized carbons (Fsp3) is 0.909. The largest absolute Gasteiger partial charge is 0.380 e. The van der Waals surface area contributed by atoms with Gasteiger partial charge >= 0.3 is 0 Å². The number of hydrogen-bond donors (Lipinski definition) is 0. The average Bonchev–Trinajstić information content (AvgIpc) is 3.00. The lowest BCUT2D eigenvalue weighted by molar-refractivity contribution is 0.102. The van der Waals surface area contributed by atoms with Crippen molar-refractivity contribution < 1.29 is 4.74 Å². The van der Waals surface area contributed by atoms with Gasteiger partial charge in [-0.3, -0.25) is 4.90 Å². The second-order valence-corrected chi connectivity index (χ2v) is 3.79. The summed E-state index contributed by atoms with van der Waals surface area (Å²) in [6, 6.07) is 2.94. The molecule has 0 spiro atoms.